The summed E-state index contributed by atoms with van der Waals surface area (Å²) in [7, 11) is 0. The third-order valence-electron chi connectivity index (χ3n) is 3.25. The van der Waals surface area contributed by atoms with Crippen LogP contribution in [-0.4, -0.2) is 21.1 Å². The summed E-state index contributed by atoms with van der Waals surface area (Å²) in [5.41, 5.74) is 4.83. The average Bonchev–Trinajstić information content (AvgIpc) is 2.55. The minimum atomic E-state index is -2.78. The number of carbonyl (C=O) groups excluding carboxylic acids is 2. The van der Waals surface area contributed by atoms with Gasteiger partial charge < -0.3 is 5.73 Å². The van der Waals surface area contributed by atoms with Gasteiger partial charge in [-0.2, -0.15) is 0 Å². The second kappa shape index (κ2) is 4.80. The second-order valence-electron chi connectivity index (χ2n) is 4.65. The summed E-state index contributed by atoms with van der Waals surface area (Å²) in [5.74, 6) is -2.26. The van der Waals surface area contributed by atoms with Crippen molar-refractivity contribution >= 4 is 28.2 Å². The number of hydrogen-bond donors (Lipinski definition) is 1. The van der Waals surface area contributed by atoms with Crippen LogP contribution in [0.5, 0.6) is 0 Å². The molecule has 0 bridgehead atoms. The first-order valence-electron chi connectivity index (χ1n) is 8.79. The van der Waals surface area contributed by atoms with Crippen LogP contribution in [0.15, 0.2) is 23.0 Å². The average molecular weight is 290 g/mol. The largest absolute Gasteiger partial charge is 0.398 e. The molecule has 3 rings (SSSR count). The molecule has 2 N–H and O–H groups in total. The number of nitrogens with two attached hydrogens (primary N) is 1. The summed E-state index contributed by atoms with van der Waals surface area (Å²) in [6, 6.07) is -0.0772. The Bertz CT molecular complexity index is 1040. The van der Waals surface area contributed by atoms with Gasteiger partial charge in [-0.1, -0.05) is 6.07 Å². The van der Waals surface area contributed by atoms with Crippen LogP contribution in [0.1, 0.15) is 37.9 Å². The summed E-state index contributed by atoms with van der Waals surface area (Å²) in [5, 5.41) is -0.188. The van der Waals surface area contributed by atoms with Gasteiger partial charge in [0.1, 0.15) is 11.6 Å². The van der Waals surface area contributed by atoms with Crippen molar-refractivity contribution in [1.82, 2.24) is 9.55 Å². The first kappa shape index (κ1) is 8.71. The Labute approximate surface area is 127 Å². The first-order chi connectivity index (χ1) is 11.9. The number of rotatable bonds is 1. The highest BCUT2D eigenvalue weighted by molar-refractivity contribution is 6.03. The van der Waals surface area contributed by atoms with Gasteiger partial charge >= 0.3 is 0 Å². The van der Waals surface area contributed by atoms with Crippen molar-refractivity contribution in [2.45, 2.75) is 32.1 Å². The van der Waals surface area contributed by atoms with Crippen LogP contribution in [0.3, 0.4) is 0 Å². The number of anilines is 1. The van der Waals surface area contributed by atoms with E-state index in [1.54, 1.807) is 0 Å². The molecule has 0 spiro atoms. The Morgan fingerprint density at radius 1 is 1.52 bits per heavy atom. The number of aryl methyl sites for hydroxylation is 1. The smallest absolute Gasteiger partial charge is 0.264 e. The normalized spacial score (nSPS) is 32.0. The summed E-state index contributed by atoms with van der Waals surface area (Å²) in [4.78, 5) is 41.4. The summed E-state index contributed by atoms with van der Waals surface area (Å²) in [6.45, 7) is 1.34. The van der Waals surface area contributed by atoms with E-state index in [1.807, 2.05) is 0 Å². The molecule has 0 amide bonds. The zero-order chi connectivity index (χ0) is 19.6. The molecule has 2 atom stereocenters. The van der Waals surface area contributed by atoms with E-state index in [4.69, 9.17) is 12.6 Å². The van der Waals surface area contributed by atoms with E-state index in [-0.39, 0.29) is 28.5 Å². The van der Waals surface area contributed by atoms with Crippen molar-refractivity contribution in [3.63, 3.8) is 0 Å². The third-order valence-corrected chi connectivity index (χ3v) is 3.25. The lowest BCUT2D eigenvalue weighted by Gasteiger charge is -2.24. The molecule has 21 heavy (non-hydrogen) atoms. The van der Waals surface area contributed by atoms with Crippen LogP contribution < -0.4 is 11.3 Å². The number of Topliss-reactive ketones (excluding diaryl/α,β-unsaturated/α-hetero) is 2. The number of nitrogens with zero attached hydrogens (tertiary/aromatic N) is 2. The Balaban J connectivity index is 2.41. The first-order valence-corrected chi connectivity index (χ1v) is 6.21. The Morgan fingerprint density at radius 3 is 3.05 bits per heavy atom. The SMILES string of the molecule is [2H]c1ccc2nc(C)n(C3([2H])C(=O)CC(=O)C([2H])([2H])C3[2H])c(=O)c2c1N. The maximum atomic E-state index is 13.0. The van der Waals surface area contributed by atoms with Crippen molar-refractivity contribution in [1.29, 1.82) is 0 Å². The fourth-order valence-electron chi connectivity index (χ4n) is 2.29. The summed E-state index contributed by atoms with van der Waals surface area (Å²) >= 11 is 0. The predicted octanol–water partition coefficient (Wildman–Crippen LogP) is 1.15. The molecule has 1 aromatic carbocycles. The van der Waals surface area contributed by atoms with Crippen LogP contribution in [0.25, 0.3) is 10.9 Å². The topological polar surface area (TPSA) is 95.0 Å². The minimum absolute atomic E-state index is 0.0922. The van der Waals surface area contributed by atoms with Gasteiger partial charge in [0.25, 0.3) is 5.56 Å². The van der Waals surface area contributed by atoms with Crippen molar-refractivity contribution < 1.29 is 16.4 Å². The standard InChI is InChI=1S/C15H15N3O3/c1-8-17-11-4-2-3-10(16)14(11)15(21)18(8)12-6-5-9(19)7-13(12)20/h2-4,12H,5-7,16H2,1H3/i3D,5D2,6D,12D. The lowest BCUT2D eigenvalue weighted by atomic mass is 9.92. The van der Waals surface area contributed by atoms with Gasteiger partial charge in [-0.25, -0.2) is 4.98 Å². The molecule has 2 aromatic rings. The second-order valence-corrected chi connectivity index (χ2v) is 4.65. The van der Waals surface area contributed by atoms with E-state index in [1.165, 1.54) is 19.1 Å². The molecule has 0 aliphatic heterocycles. The number of hydrogen-bond acceptors (Lipinski definition) is 5. The fourth-order valence-corrected chi connectivity index (χ4v) is 2.29. The molecule has 1 aliphatic carbocycles. The quantitative estimate of drug-likeness (QED) is 0.628. The van der Waals surface area contributed by atoms with Gasteiger partial charge in [0, 0.05) is 16.2 Å². The molecule has 0 radical (unpaired) electrons. The molecule has 6 heteroatoms. The molecule has 108 valence electrons. The van der Waals surface area contributed by atoms with Gasteiger partial charge in [-0.15, -0.1) is 0 Å². The molecule has 1 aromatic heterocycles. The minimum Gasteiger partial charge on any atom is -0.398 e. The van der Waals surface area contributed by atoms with E-state index >= 15 is 0 Å². The van der Waals surface area contributed by atoms with E-state index in [0.717, 1.165) is 0 Å². The van der Waals surface area contributed by atoms with Gasteiger partial charge in [0.2, 0.25) is 0 Å². The number of benzene rings is 1. The van der Waals surface area contributed by atoms with Crippen LogP contribution in [0.4, 0.5) is 5.69 Å². The molecule has 1 saturated carbocycles. The molecule has 2 unspecified atom stereocenters. The van der Waals surface area contributed by atoms with Crippen molar-refractivity contribution in [3.05, 3.63) is 34.4 Å². The van der Waals surface area contributed by atoms with E-state index in [2.05, 4.69) is 4.98 Å². The summed E-state index contributed by atoms with van der Waals surface area (Å²) < 4.78 is 40.5. The van der Waals surface area contributed by atoms with E-state index < -0.39 is 42.3 Å². The van der Waals surface area contributed by atoms with Gasteiger partial charge in [0.05, 0.1) is 26.1 Å². The van der Waals surface area contributed by atoms with Crippen molar-refractivity contribution in [2.24, 2.45) is 0 Å². The van der Waals surface area contributed by atoms with Gasteiger partial charge in [-0.3, -0.25) is 19.0 Å². The van der Waals surface area contributed by atoms with Crippen LogP contribution in [0, 0.1) is 6.92 Å². The maximum Gasteiger partial charge on any atom is 0.264 e. The Morgan fingerprint density at radius 2 is 2.29 bits per heavy atom. The number of fused-ring (bicyclic) bond motifs is 1. The van der Waals surface area contributed by atoms with Crippen LogP contribution >= 0.6 is 0 Å². The lowest BCUT2D eigenvalue weighted by Crippen LogP contribution is -2.36. The third kappa shape index (κ3) is 2.12. The molecule has 1 heterocycles. The number of aromatic nitrogens is 2. The number of ketones is 2. The van der Waals surface area contributed by atoms with Crippen molar-refractivity contribution in [2.75, 3.05) is 5.73 Å². The molecule has 1 fully saturated rings. The number of nitrogen functional groups attached to an aromatic ring is 1. The molecule has 1 aliphatic rings. The fraction of sp³-hybridized carbons (Fsp3) is 0.333. The predicted molar refractivity (Wildman–Crippen MR) is 78.1 cm³/mol. The van der Waals surface area contributed by atoms with Crippen LogP contribution in [-0.2, 0) is 9.59 Å². The Hall–Kier alpha value is -2.50. The van der Waals surface area contributed by atoms with E-state index in [0.29, 0.717) is 4.57 Å². The molecular weight excluding hydrogens is 270 g/mol. The van der Waals surface area contributed by atoms with Crippen molar-refractivity contribution in [3.8, 4) is 0 Å². The van der Waals surface area contributed by atoms with Crippen LogP contribution in [0.2, 0.25) is 0 Å². The molecular formula is C15H15N3O3. The number of carbonyl (C=O) groups is 2. The summed E-state index contributed by atoms with van der Waals surface area (Å²) in [6.07, 6.45) is -5.84. The highest BCUT2D eigenvalue weighted by Crippen LogP contribution is 2.24. The zero-order valence-electron chi connectivity index (χ0n) is 16.1. The Kier molecular flexibility index (Phi) is 1.99. The molecule has 6 nitrogen and oxygen atoms in total. The zero-order valence-corrected chi connectivity index (χ0v) is 11.1. The highest BCUT2D eigenvalue weighted by Gasteiger charge is 2.30. The monoisotopic (exact) mass is 290 g/mol. The molecule has 0 saturated heterocycles. The highest BCUT2D eigenvalue weighted by atomic mass is 16.2. The van der Waals surface area contributed by atoms with Gasteiger partial charge in [-0.05, 0) is 25.4 Å². The van der Waals surface area contributed by atoms with E-state index in [9.17, 15) is 14.4 Å². The van der Waals surface area contributed by atoms with Gasteiger partial charge in [0.15, 0.2) is 5.78 Å². The maximum absolute atomic E-state index is 13.0. The lowest BCUT2D eigenvalue weighted by molar-refractivity contribution is -0.132.